The quantitative estimate of drug-likeness (QED) is 0.132. The Labute approximate surface area is 234 Å². The normalized spacial score (nSPS) is 14.4. The second kappa shape index (κ2) is 11.0. The summed E-state index contributed by atoms with van der Waals surface area (Å²) in [6.07, 6.45) is 1.80. The molecule has 5 rings (SSSR count). The summed E-state index contributed by atoms with van der Waals surface area (Å²) in [5, 5.41) is 10.6. The van der Waals surface area contributed by atoms with Crippen molar-refractivity contribution in [3.8, 4) is 5.69 Å². The summed E-state index contributed by atoms with van der Waals surface area (Å²) in [5.74, 6) is -0.274. The van der Waals surface area contributed by atoms with Crippen LogP contribution in [0, 0.1) is 30.9 Å². The molecule has 0 N–H and O–H groups in total. The second-order valence-electron chi connectivity index (χ2n) is 9.27. The van der Waals surface area contributed by atoms with Crippen LogP contribution in [-0.4, -0.2) is 25.5 Å². The van der Waals surface area contributed by atoms with Crippen molar-refractivity contribution < 1.29 is 14.5 Å². The topological polar surface area (TPSA) is 85.4 Å². The van der Waals surface area contributed by atoms with Crippen LogP contribution in [0.25, 0.3) is 11.8 Å². The van der Waals surface area contributed by atoms with Gasteiger partial charge in [-0.25, -0.2) is 0 Å². The minimum atomic E-state index is -0.407. The van der Waals surface area contributed by atoms with E-state index < -0.39 is 4.92 Å². The van der Waals surface area contributed by atoms with Crippen LogP contribution in [0.1, 0.15) is 28.1 Å². The zero-order valence-corrected chi connectivity index (χ0v) is 23.2. The molecule has 2 heterocycles. The lowest BCUT2D eigenvalue weighted by atomic mass is 10.1. The van der Waals surface area contributed by atoms with Gasteiger partial charge in [-0.15, -0.1) is 0 Å². The molecule has 1 aliphatic heterocycles. The first kappa shape index (κ1) is 26.5. The average molecular weight is 556 g/mol. The number of nitro groups is 1. The van der Waals surface area contributed by atoms with E-state index in [1.807, 2.05) is 75.4 Å². The lowest BCUT2D eigenvalue weighted by Gasteiger charge is -2.12. The molecule has 9 heteroatoms. The maximum atomic E-state index is 13.1. The van der Waals surface area contributed by atoms with Gasteiger partial charge in [-0.1, -0.05) is 41.6 Å². The van der Waals surface area contributed by atoms with E-state index in [1.54, 1.807) is 18.2 Å². The minimum absolute atomic E-state index is 0.0695. The number of aryl methyl sites for hydroxylation is 2. The molecule has 1 saturated heterocycles. The van der Waals surface area contributed by atoms with Crippen molar-refractivity contribution in [1.29, 1.82) is 0 Å². The molecule has 0 saturated carbocycles. The third-order valence-electron chi connectivity index (χ3n) is 6.43. The van der Waals surface area contributed by atoms with Crippen molar-refractivity contribution >= 4 is 46.4 Å². The Morgan fingerprint density at radius 1 is 0.923 bits per heavy atom. The van der Waals surface area contributed by atoms with Gasteiger partial charge in [0.15, 0.2) is 0 Å². The van der Waals surface area contributed by atoms with Crippen molar-refractivity contribution in [3.63, 3.8) is 0 Å². The van der Waals surface area contributed by atoms with Gasteiger partial charge in [0.1, 0.15) is 0 Å². The molecule has 2 amide bonds. The zero-order chi connectivity index (χ0) is 27.7. The monoisotopic (exact) mass is 555 g/mol. The average Bonchev–Trinajstić information content (AvgIpc) is 3.33. The van der Waals surface area contributed by atoms with Gasteiger partial charge in [-0.3, -0.25) is 24.6 Å². The Bertz CT molecular complexity index is 1620. The Kier molecular flexibility index (Phi) is 7.45. The first-order valence-corrected chi connectivity index (χ1v) is 13.9. The molecular formula is C30H25N3O4S2. The van der Waals surface area contributed by atoms with E-state index in [0.717, 1.165) is 55.3 Å². The van der Waals surface area contributed by atoms with Crippen LogP contribution in [0.4, 0.5) is 10.5 Å². The molecule has 0 atom stereocenters. The Morgan fingerprint density at radius 3 is 2.23 bits per heavy atom. The number of hydrogen-bond donors (Lipinski definition) is 0. The van der Waals surface area contributed by atoms with Gasteiger partial charge in [-0.05, 0) is 92.2 Å². The number of nitrogens with zero attached hydrogens (tertiary/aromatic N) is 3. The first-order valence-electron chi connectivity index (χ1n) is 12.2. The lowest BCUT2D eigenvalue weighted by molar-refractivity contribution is -0.384. The number of thioether (sulfide) groups is 1. The molecule has 196 valence electrons. The lowest BCUT2D eigenvalue weighted by Crippen LogP contribution is -2.27. The maximum Gasteiger partial charge on any atom is 0.293 e. The number of hydrogen-bond acceptors (Lipinski definition) is 6. The van der Waals surface area contributed by atoms with Crippen LogP contribution in [-0.2, 0) is 11.3 Å². The van der Waals surface area contributed by atoms with Crippen LogP contribution in [0.5, 0.6) is 0 Å². The van der Waals surface area contributed by atoms with Gasteiger partial charge in [0.05, 0.1) is 16.4 Å². The van der Waals surface area contributed by atoms with Gasteiger partial charge in [0.25, 0.3) is 16.8 Å². The van der Waals surface area contributed by atoms with E-state index in [9.17, 15) is 19.7 Å². The number of imide groups is 1. The molecule has 4 aromatic rings. The maximum absolute atomic E-state index is 13.1. The predicted molar refractivity (Wildman–Crippen MR) is 155 cm³/mol. The zero-order valence-electron chi connectivity index (χ0n) is 21.6. The Morgan fingerprint density at radius 2 is 1.59 bits per heavy atom. The number of benzene rings is 3. The number of aromatic nitrogens is 1. The number of carbonyl (C=O) groups is 2. The summed E-state index contributed by atoms with van der Waals surface area (Å²) in [6.45, 7) is 6.24. The van der Waals surface area contributed by atoms with Crippen molar-refractivity contribution in [3.05, 3.63) is 122 Å². The van der Waals surface area contributed by atoms with Crippen molar-refractivity contribution in [2.75, 3.05) is 0 Å². The summed E-state index contributed by atoms with van der Waals surface area (Å²) in [6, 6.07) is 24.4. The summed E-state index contributed by atoms with van der Waals surface area (Å²) in [4.78, 5) is 39.9. The fourth-order valence-electron chi connectivity index (χ4n) is 4.54. The highest BCUT2D eigenvalue weighted by Crippen LogP contribution is 2.35. The summed E-state index contributed by atoms with van der Waals surface area (Å²) >= 11 is 2.50. The molecule has 1 aliphatic rings. The van der Waals surface area contributed by atoms with Gasteiger partial charge < -0.3 is 4.57 Å². The highest BCUT2D eigenvalue weighted by molar-refractivity contribution is 8.18. The summed E-state index contributed by atoms with van der Waals surface area (Å²) in [5.41, 5.74) is 5.91. The van der Waals surface area contributed by atoms with Crippen LogP contribution in [0.3, 0.4) is 0 Å². The van der Waals surface area contributed by atoms with Crippen molar-refractivity contribution in [1.82, 2.24) is 9.47 Å². The molecule has 0 unspecified atom stereocenters. The van der Waals surface area contributed by atoms with Gasteiger partial charge in [-0.2, -0.15) is 0 Å². The molecule has 1 aromatic heterocycles. The molecule has 0 radical (unpaired) electrons. The van der Waals surface area contributed by atoms with E-state index in [-0.39, 0.29) is 23.4 Å². The minimum Gasteiger partial charge on any atom is -0.318 e. The molecule has 0 bridgehead atoms. The molecule has 0 aliphatic carbocycles. The van der Waals surface area contributed by atoms with Gasteiger partial charge in [0, 0.05) is 39.0 Å². The van der Waals surface area contributed by atoms with Crippen LogP contribution in [0.2, 0.25) is 0 Å². The van der Waals surface area contributed by atoms with Gasteiger partial charge >= 0.3 is 0 Å². The van der Waals surface area contributed by atoms with E-state index >= 15 is 0 Å². The molecule has 3 aromatic carbocycles. The van der Waals surface area contributed by atoms with Gasteiger partial charge in [0.2, 0.25) is 0 Å². The summed E-state index contributed by atoms with van der Waals surface area (Å²) in [7, 11) is 0. The summed E-state index contributed by atoms with van der Waals surface area (Å²) < 4.78 is 2.11. The highest BCUT2D eigenvalue weighted by Gasteiger charge is 2.35. The van der Waals surface area contributed by atoms with E-state index in [1.165, 1.54) is 28.8 Å². The molecular weight excluding hydrogens is 530 g/mol. The third kappa shape index (κ3) is 5.69. The molecule has 0 spiro atoms. The number of nitro benzene ring substituents is 1. The van der Waals surface area contributed by atoms with E-state index in [0.29, 0.717) is 4.91 Å². The largest absolute Gasteiger partial charge is 0.318 e. The fraction of sp³-hybridized carbons (Fsp3) is 0.133. The molecule has 1 fully saturated rings. The number of carbonyl (C=O) groups excluding carboxylic acids is 2. The van der Waals surface area contributed by atoms with Crippen molar-refractivity contribution in [2.24, 2.45) is 0 Å². The predicted octanol–water partition coefficient (Wildman–Crippen LogP) is 7.70. The molecule has 7 nitrogen and oxygen atoms in total. The molecule has 39 heavy (non-hydrogen) atoms. The SMILES string of the molecule is Cc1cccc(CN2C(=O)S/C(=C\c3cc(C)n(-c4ccc(Sc5ccc([N+](=O)[O-])cc5)cc4)c3C)C2=O)c1. The first-order chi connectivity index (χ1) is 18.7. The number of rotatable bonds is 7. The third-order valence-corrected chi connectivity index (χ3v) is 8.35. The smallest absolute Gasteiger partial charge is 0.293 e. The number of amides is 2. The van der Waals surface area contributed by atoms with Crippen molar-refractivity contribution in [2.45, 2.75) is 37.1 Å². The van der Waals surface area contributed by atoms with Crippen LogP contribution >= 0.6 is 23.5 Å². The Balaban J connectivity index is 1.33. The van der Waals surface area contributed by atoms with E-state index in [4.69, 9.17) is 0 Å². The number of non-ortho nitro benzene ring substituents is 1. The van der Waals surface area contributed by atoms with Crippen LogP contribution < -0.4 is 0 Å². The standard InChI is InChI=1S/C30H25N3O4S2/c1-19-5-4-6-22(15-19)18-31-29(34)28(39-30(31)35)17-23-16-20(2)32(21(23)3)24-7-11-26(12-8-24)38-27-13-9-25(10-14-27)33(36)37/h4-17H,18H2,1-3H3/b28-17-. The highest BCUT2D eigenvalue weighted by atomic mass is 32.2. The van der Waals surface area contributed by atoms with Crippen LogP contribution in [0.15, 0.2) is 93.6 Å². The Hall–Kier alpha value is -4.08. The fourth-order valence-corrected chi connectivity index (χ4v) is 6.18. The second-order valence-corrected chi connectivity index (χ2v) is 11.4. The van der Waals surface area contributed by atoms with E-state index in [2.05, 4.69) is 4.57 Å².